The van der Waals surface area contributed by atoms with Crippen molar-refractivity contribution in [2.24, 2.45) is 0 Å². The van der Waals surface area contributed by atoms with Gasteiger partial charge in [0, 0.05) is 18.1 Å². The quantitative estimate of drug-likeness (QED) is 0.615. The number of carbonyl (C=O) groups is 1. The van der Waals surface area contributed by atoms with Gasteiger partial charge in [-0.15, -0.1) is 0 Å². The fourth-order valence-electron chi connectivity index (χ4n) is 2.64. The smallest absolute Gasteiger partial charge is 0.340 e. The van der Waals surface area contributed by atoms with Crippen molar-refractivity contribution < 1.29 is 17.9 Å². The Morgan fingerprint density at radius 3 is 2.61 bits per heavy atom. The highest BCUT2D eigenvalue weighted by molar-refractivity contribution is 7.93. The highest BCUT2D eigenvalue weighted by Crippen LogP contribution is 2.25. The zero-order chi connectivity index (χ0) is 20.1. The number of para-hydroxylation sites is 2. The van der Waals surface area contributed by atoms with Gasteiger partial charge in [0.1, 0.15) is 11.5 Å². The number of benzene rings is 2. The lowest BCUT2D eigenvalue weighted by molar-refractivity contribution is 0.0483. The number of nitrogens with one attached hydrogen (secondary N) is 1. The first-order valence-electron chi connectivity index (χ1n) is 8.66. The molecule has 0 unspecified atom stereocenters. The second-order valence-electron chi connectivity index (χ2n) is 6.42. The van der Waals surface area contributed by atoms with E-state index in [0.29, 0.717) is 17.4 Å². The van der Waals surface area contributed by atoms with E-state index in [-0.39, 0.29) is 22.8 Å². The number of hydrogen-bond donors (Lipinski definition) is 1. The van der Waals surface area contributed by atoms with Crippen molar-refractivity contribution in [2.75, 3.05) is 32.0 Å². The second kappa shape index (κ2) is 8.37. The Morgan fingerprint density at radius 2 is 1.82 bits per heavy atom. The summed E-state index contributed by atoms with van der Waals surface area (Å²) in [5.41, 5.74) is 0.673. The van der Waals surface area contributed by atoms with Gasteiger partial charge in [0.05, 0.1) is 16.8 Å². The van der Waals surface area contributed by atoms with Gasteiger partial charge in [-0.05, 0) is 38.4 Å². The topological polar surface area (TPSA) is 88.6 Å². The summed E-state index contributed by atoms with van der Waals surface area (Å²) in [7, 11) is -0.220. The molecule has 0 amide bonds. The lowest BCUT2D eigenvalue weighted by Gasteiger charge is -2.14. The van der Waals surface area contributed by atoms with Gasteiger partial charge in [0.25, 0.3) is 10.0 Å². The number of hydrogen-bond acceptors (Lipinski definition) is 6. The van der Waals surface area contributed by atoms with Crippen LogP contribution in [0.15, 0.2) is 65.7 Å². The molecule has 0 atom stereocenters. The predicted molar refractivity (Wildman–Crippen MR) is 108 cm³/mol. The molecule has 1 N–H and O–H groups in total. The van der Waals surface area contributed by atoms with Crippen LogP contribution in [-0.4, -0.2) is 51.5 Å². The number of pyridine rings is 1. The van der Waals surface area contributed by atoms with Gasteiger partial charge in [-0.25, -0.2) is 13.2 Å². The van der Waals surface area contributed by atoms with Crippen LogP contribution in [0, 0.1) is 0 Å². The average Bonchev–Trinajstić information content (AvgIpc) is 2.67. The summed E-state index contributed by atoms with van der Waals surface area (Å²) in [4.78, 5) is 18.5. The summed E-state index contributed by atoms with van der Waals surface area (Å²) in [6, 6.07) is 14.8. The third-order valence-electron chi connectivity index (χ3n) is 4.05. The van der Waals surface area contributed by atoms with Crippen molar-refractivity contribution in [1.82, 2.24) is 9.88 Å². The van der Waals surface area contributed by atoms with Gasteiger partial charge in [-0.2, -0.15) is 0 Å². The van der Waals surface area contributed by atoms with Crippen LogP contribution >= 0.6 is 0 Å². The van der Waals surface area contributed by atoms with E-state index in [4.69, 9.17) is 4.74 Å². The van der Waals surface area contributed by atoms with E-state index in [1.807, 2.05) is 19.0 Å². The summed E-state index contributed by atoms with van der Waals surface area (Å²) in [6.07, 6.45) is 1.54. The molecule has 0 bridgehead atoms. The van der Waals surface area contributed by atoms with Crippen LogP contribution < -0.4 is 4.72 Å². The van der Waals surface area contributed by atoms with Crippen LogP contribution in [0.5, 0.6) is 0 Å². The minimum atomic E-state index is -3.96. The van der Waals surface area contributed by atoms with Gasteiger partial charge in [-0.3, -0.25) is 9.71 Å². The lowest BCUT2D eigenvalue weighted by atomic mass is 10.2. The highest BCUT2D eigenvalue weighted by atomic mass is 32.2. The molecule has 7 nitrogen and oxygen atoms in total. The van der Waals surface area contributed by atoms with Gasteiger partial charge >= 0.3 is 5.97 Å². The second-order valence-corrected chi connectivity index (χ2v) is 8.07. The summed E-state index contributed by atoms with van der Waals surface area (Å²) in [6.45, 7) is 0.779. The predicted octanol–water partition coefficient (Wildman–Crippen LogP) is 2.75. The van der Waals surface area contributed by atoms with Gasteiger partial charge in [0.15, 0.2) is 0 Å². The van der Waals surface area contributed by atoms with E-state index in [1.165, 1.54) is 24.4 Å². The van der Waals surface area contributed by atoms with E-state index >= 15 is 0 Å². The molecule has 0 saturated heterocycles. The van der Waals surface area contributed by atoms with Gasteiger partial charge < -0.3 is 9.64 Å². The molecule has 0 spiro atoms. The first-order valence-corrected chi connectivity index (χ1v) is 10.1. The highest BCUT2D eigenvalue weighted by Gasteiger charge is 2.21. The molecule has 28 heavy (non-hydrogen) atoms. The van der Waals surface area contributed by atoms with Crippen LogP contribution in [-0.2, 0) is 14.8 Å². The Morgan fingerprint density at radius 1 is 1.07 bits per heavy atom. The first kappa shape index (κ1) is 19.8. The molecular weight excluding hydrogens is 378 g/mol. The van der Waals surface area contributed by atoms with Crippen molar-refractivity contribution >= 4 is 32.6 Å². The first-order chi connectivity index (χ1) is 13.4. The number of likely N-dealkylation sites (N-methyl/N-ethyl adjacent to an activating group) is 1. The van der Waals surface area contributed by atoms with Crippen LogP contribution in [0.25, 0.3) is 10.9 Å². The molecule has 8 heteroatoms. The van der Waals surface area contributed by atoms with Crippen LogP contribution in [0.3, 0.4) is 0 Å². The Hall–Kier alpha value is -2.97. The maximum atomic E-state index is 13.0. The molecule has 146 valence electrons. The lowest BCUT2D eigenvalue weighted by Crippen LogP contribution is -2.21. The number of ether oxygens (including phenoxy) is 1. The minimum Gasteiger partial charge on any atom is -0.461 e. The molecule has 0 aliphatic rings. The van der Waals surface area contributed by atoms with Crippen molar-refractivity contribution in [3.63, 3.8) is 0 Å². The Bertz CT molecular complexity index is 1090. The van der Waals surface area contributed by atoms with Gasteiger partial charge in [-0.1, -0.05) is 30.3 Å². The van der Waals surface area contributed by atoms with E-state index in [2.05, 4.69) is 9.71 Å². The third kappa shape index (κ3) is 4.47. The van der Waals surface area contributed by atoms with Crippen molar-refractivity contribution in [1.29, 1.82) is 0 Å². The minimum absolute atomic E-state index is 0.0429. The largest absolute Gasteiger partial charge is 0.461 e. The Kier molecular flexibility index (Phi) is 5.91. The third-order valence-corrected chi connectivity index (χ3v) is 5.45. The van der Waals surface area contributed by atoms with Crippen LogP contribution in [0.4, 0.5) is 5.69 Å². The Labute approximate surface area is 164 Å². The van der Waals surface area contributed by atoms with E-state index in [1.54, 1.807) is 36.4 Å². The zero-order valence-electron chi connectivity index (χ0n) is 15.6. The molecular formula is C20H21N3O4S. The number of rotatable bonds is 7. The number of nitrogens with zero attached hydrogens (tertiary/aromatic N) is 2. The number of sulfonamides is 1. The SMILES string of the molecule is CN(C)CCOC(=O)c1ccccc1NS(=O)(=O)c1cccc2cccnc12. The number of esters is 1. The van der Waals surface area contributed by atoms with Crippen LogP contribution in [0.1, 0.15) is 10.4 Å². The zero-order valence-corrected chi connectivity index (χ0v) is 16.4. The molecule has 1 aromatic heterocycles. The van der Waals surface area contributed by atoms with Crippen molar-refractivity contribution in [3.05, 3.63) is 66.4 Å². The Balaban J connectivity index is 1.90. The molecule has 1 heterocycles. The molecule has 0 aliphatic heterocycles. The van der Waals surface area contributed by atoms with E-state index in [0.717, 1.165) is 0 Å². The van der Waals surface area contributed by atoms with Gasteiger partial charge in [0.2, 0.25) is 0 Å². The molecule has 0 saturated carbocycles. The standard InChI is InChI=1S/C20H21N3O4S/c1-23(2)13-14-27-20(24)16-9-3-4-10-17(16)22-28(25,26)18-11-5-7-15-8-6-12-21-19(15)18/h3-12,22H,13-14H2,1-2H3. The molecule has 0 aliphatic carbocycles. The summed E-state index contributed by atoms with van der Waals surface area (Å²) < 4.78 is 33.7. The maximum Gasteiger partial charge on any atom is 0.340 e. The molecule has 2 aromatic carbocycles. The van der Waals surface area contributed by atoms with Crippen molar-refractivity contribution in [3.8, 4) is 0 Å². The monoisotopic (exact) mass is 399 g/mol. The summed E-state index contributed by atoms with van der Waals surface area (Å²) in [5.74, 6) is -0.587. The average molecular weight is 399 g/mol. The summed E-state index contributed by atoms with van der Waals surface area (Å²) >= 11 is 0. The van der Waals surface area contributed by atoms with Crippen molar-refractivity contribution in [2.45, 2.75) is 4.90 Å². The molecule has 0 radical (unpaired) electrons. The normalized spacial score (nSPS) is 11.5. The number of aromatic nitrogens is 1. The van der Waals surface area contributed by atoms with E-state index < -0.39 is 16.0 Å². The van der Waals surface area contributed by atoms with E-state index in [9.17, 15) is 13.2 Å². The fourth-order valence-corrected chi connectivity index (χ4v) is 3.90. The number of fused-ring (bicyclic) bond motifs is 1. The molecule has 0 fully saturated rings. The fraction of sp³-hybridized carbons (Fsp3) is 0.200. The molecule has 3 aromatic rings. The molecule has 3 rings (SSSR count). The number of carbonyl (C=O) groups excluding carboxylic acids is 1. The van der Waals surface area contributed by atoms with Crippen LogP contribution in [0.2, 0.25) is 0 Å². The number of anilines is 1. The maximum absolute atomic E-state index is 13.0. The summed E-state index contributed by atoms with van der Waals surface area (Å²) in [5, 5.41) is 0.710.